The fraction of sp³-hybridized carbons (Fsp3) is 0.429. The molecule has 1 aromatic carbocycles. The molecule has 164 valence electrons. The number of piperidine rings is 1. The molecule has 1 saturated heterocycles. The first-order chi connectivity index (χ1) is 14.1. The normalized spacial score (nSPS) is 14.7. The van der Waals surface area contributed by atoms with Gasteiger partial charge in [-0.1, -0.05) is 17.7 Å². The molecule has 0 aliphatic carbocycles. The van der Waals surface area contributed by atoms with Gasteiger partial charge >= 0.3 is 0 Å². The Morgan fingerprint density at radius 1 is 1.17 bits per heavy atom. The highest BCUT2D eigenvalue weighted by Gasteiger charge is 2.21. The summed E-state index contributed by atoms with van der Waals surface area (Å²) < 4.78 is 10.8. The van der Waals surface area contributed by atoms with Gasteiger partial charge in [-0.3, -0.25) is 4.99 Å². The Labute approximate surface area is 200 Å². The lowest BCUT2D eigenvalue weighted by Gasteiger charge is -2.34. The predicted molar refractivity (Wildman–Crippen MR) is 133 cm³/mol. The molecule has 2 aromatic rings. The molecule has 1 aromatic heterocycles. The van der Waals surface area contributed by atoms with Gasteiger partial charge < -0.3 is 25.0 Å². The fourth-order valence-electron chi connectivity index (χ4n) is 3.34. The van der Waals surface area contributed by atoms with Crippen LogP contribution in [-0.2, 0) is 6.54 Å². The average Bonchev–Trinajstić information content (AvgIpc) is 2.77. The van der Waals surface area contributed by atoms with Crippen LogP contribution in [0, 0.1) is 0 Å². The van der Waals surface area contributed by atoms with E-state index in [0.29, 0.717) is 17.7 Å². The van der Waals surface area contributed by atoms with Crippen molar-refractivity contribution in [3.63, 3.8) is 0 Å². The summed E-state index contributed by atoms with van der Waals surface area (Å²) in [7, 11) is 5.13. The van der Waals surface area contributed by atoms with Crippen LogP contribution in [0.15, 0.2) is 41.5 Å². The highest BCUT2D eigenvalue weighted by atomic mass is 127. The number of methoxy groups -OCH3 is 2. The number of aromatic nitrogens is 1. The molecule has 0 atom stereocenters. The molecule has 30 heavy (non-hydrogen) atoms. The number of pyridine rings is 1. The van der Waals surface area contributed by atoms with Crippen molar-refractivity contribution >= 4 is 47.2 Å². The minimum atomic E-state index is 0. The zero-order valence-electron chi connectivity index (χ0n) is 17.5. The molecule has 0 radical (unpaired) electrons. The van der Waals surface area contributed by atoms with E-state index >= 15 is 0 Å². The van der Waals surface area contributed by atoms with E-state index in [9.17, 15) is 0 Å². The van der Waals surface area contributed by atoms with Crippen molar-refractivity contribution in [1.29, 1.82) is 0 Å². The van der Waals surface area contributed by atoms with Crippen LogP contribution in [0.1, 0.15) is 18.4 Å². The molecule has 3 rings (SSSR count). The summed E-state index contributed by atoms with van der Waals surface area (Å²) in [4.78, 5) is 10.8. The molecule has 0 saturated carbocycles. The third kappa shape index (κ3) is 6.80. The van der Waals surface area contributed by atoms with Crippen molar-refractivity contribution in [3.05, 3.63) is 47.2 Å². The average molecular weight is 546 g/mol. The smallest absolute Gasteiger partial charge is 0.191 e. The first-order valence-electron chi connectivity index (χ1n) is 9.67. The summed E-state index contributed by atoms with van der Waals surface area (Å²) in [6.07, 6.45) is 3.80. The molecule has 9 heteroatoms. The van der Waals surface area contributed by atoms with Gasteiger partial charge in [0.25, 0.3) is 0 Å². The molecule has 0 amide bonds. The van der Waals surface area contributed by atoms with E-state index in [2.05, 4.69) is 37.6 Å². The zero-order valence-corrected chi connectivity index (χ0v) is 20.6. The van der Waals surface area contributed by atoms with E-state index in [-0.39, 0.29) is 24.0 Å². The number of ether oxygens (including phenoxy) is 2. The summed E-state index contributed by atoms with van der Waals surface area (Å²) in [6.45, 7) is 2.55. The largest absolute Gasteiger partial charge is 0.497 e. The van der Waals surface area contributed by atoms with Gasteiger partial charge in [-0.05, 0) is 24.5 Å². The van der Waals surface area contributed by atoms with Crippen LogP contribution in [0.25, 0.3) is 0 Å². The Hall–Kier alpha value is -1.94. The second-order valence-electron chi connectivity index (χ2n) is 6.89. The van der Waals surface area contributed by atoms with E-state index in [1.807, 2.05) is 12.1 Å². The van der Waals surface area contributed by atoms with Crippen LogP contribution in [0.4, 0.5) is 5.69 Å². The highest BCUT2D eigenvalue weighted by Crippen LogP contribution is 2.30. The number of nitrogens with zero attached hydrogens (tertiary/aromatic N) is 3. The molecule has 0 bridgehead atoms. The monoisotopic (exact) mass is 545 g/mol. The summed E-state index contributed by atoms with van der Waals surface area (Å²) in [5.41, 5.74) is 2.18. The third-order valence-electron chi connectivity index (χ3n) is 5.01. The first-order valence-corrected chi connectivity index (χ1v) is 10.0. The topological polar surface area (TPSA) is 71.0 Å². The number of anilines is 1. The molecule has 0 unspecified atom stereocenters. The molecule has 7 nitrogen and oxygen atoms in total. The summed E-state index contributed by atoms with van der Waals surface area (Å²) >= 11 is 5.83. The zero-order chi connectivity index (χ0) is 20.6. The highest BCUT2D eigenvalue weighted by molar-refractivity contribution is 14.0. The number of guanidine groups is 1. The summed E-state index contributed by atoms with van der Waals surface area (Å²) in [5, 5.41) is 7.35. The maximum absolute atomic E-state index is 5.83. The number of aliphatic imine (C=N–C) groups is 1. The number of hydrogen-bond acceptors (Lipinski definition) is 5. The maximum atomic E-state index is 5.83. The van der Waals surface area contributed by atoms with Crippen LogP contribution < -0.4 is 25.0 Å². The Balaban J connectivity index is 0.00000320. The lowest BCUT2D eigenvalue weighted by molar-refractivity contribution is 0.393. The van der Waals surface area contributed by atoms with Crippen molar-refractivity contribution < 1.29 is 9.47 Å². The van der Waals surface area contributed by atoms with Crippen molar-refractivity contribution in [3.8, 4) is 11.5 Å². The Kier molecular flexibility index (Phi) is 9.77. The standard InChI is InChI=1S/C21H28ClN5O2.HI/c1-23-21(25-14-15-4-5-20(22)24-13-15)26-16-6-8-27(9-7-16)17-10-18(28-2)12-19(11-17)29-3;/h4-5,10-13,16H,6-9,14H2,1-3H3,(H2,23,25,26);1H. The van der Waals surface area contributed by atoms with Crippen LogP contribution in [-0.4, -0.2) is 51.3 Å². The van der Waals surface area contributed by atoms with Crippen molar-refractivity contribution in [2.75, 3.05) is 39.3 Å². The predicted octanol–water partition coefficient (Wildman–Crippen LogP) is 3.70. The molecular formula is C21H29ClIN5O2. The second kappa shape index (κ2) is 12.0. The van der Waals surface area contributed by atoms with Crippen molar-refractivity contribution in [2.45, 2.75) is 25.4 Å². The van der Waals surface area contributed by atoms with Gasteiger partial charge in [-0.2, -0.15) is 0 Å². The van der Waals surface area contributed by atoms with Gasteiger partial charge in [0.05, 0.1) is 14.2 Å². The van der Waals surface area contributed by atoms with Crippen molar-refractivity contribution in [2.24, 2.45) is 4.99 Å². The lowest BCUT2D eigenvalue weighted by Crippen LogP contribution is -2.48. The second-order valence-corrected chi connectivity index (χ2v) is 7.28. The van der Waals surface area contributed by atoms with Gasteiger partial charge in [-0.15, -0.1) is 24.0 Å². The number of nitrogens with one attached hydrogen (secondary N) is 2. The number of hydrogen-bond donors (Lipinski definition) is 2. The molecule has 2 heterocycles. The summed E-state index contributed by atoms with van der Waals surface area (Å²) in [5.74, 6) is 2.41. The number of benzene rings is 1. The Bertz CT molecular complexity index is 804. The molecule has 1 aliphatic heterocycles. The van der Waals surface area contributed by atoms with Gasteiger partial charge in [0.15, 0.2) is 5.96 Å². The van der Waals surface area contributed by atoms with Crippen LogP contribution in [0.5, 0.6) is 11.5 Å². The Morgan fingerprint density at radius 3 is 2.37 bits per heavy atom. The minimum Gasteiger partial charge on any atom is -0.497 e. The fourth-order valence-corrected chi connectivity index (χ4v) is 3.45. The van der Waals surface area contributed by atoms with E-state index in [1.54, 1.807) is 33.5 Å². The van der Waals surface area contributed by atoms with E-state index in [4.69, 9.17) is 21.1 Å². The van der Waals surface area contributed by atoms with E-state index in [1.165, 1.54) is 0 Å². The molecule has 1 fully saturated rings. The first kappa shape index (κ1) is 24.3. The SMILES string of the molecule is CN=C(NCc1ccc(Cl)nc1)NC1CCN(c2cc(OC)cc(OC)c2)CC1.I. The molecule has 2 N–H and O–H groups in total. The summed E-state index contributed by atoms with van der Waals surface area (Å²) in [6, 6.07) is 10.1. The van der Waals surface area contributed by atoms with Crippen LogP contribution in [0.3, 0.4) is 0 Å². The van der Waals surface area contributed by atoms with Crippen LogP contribution >= 0.6 is 35.6 Å². The molecule has 0 spiro atoms. The van der Waals surface area contributed by atoms with E-state index < -0.39 is 0 Å². The molecule has 1 aliphatic rings. The van der Waals surface area contributed by atoms with Gasteiger partial charge in [0.1, 0.15) is 16.7 Å². The Morgan fingerprint density at radius 2 is 1.83 bits per heavy atom. The lowest BCUT2D eigenvalue weighted by atomic mass is 10.0. The van der Waals surface area contributed by atoms with Crippen molar-refractivity contribution in [1.82, 2.24) is 15.6 Å². The van der Waals surface area contributed by atoms with Crippen LogP contribution in [0.2, 0.25) is 5.15 Å². The maximum Gasteiger partial charge on any atom is 0.191 e. The number of rotatable bonds is 6. The third-order valence-corrected chi connectivity index (χ3v) is 5.23. The van der Waals surface area contributed by atoms with Gasteiger partial charge in [0, 0.05) is 62.8 Å². The van der Waals surface area contributed by atoms with E-state index in [0.717, 1.165) is 54.6 Å². The number of halogens is 2. The quantitative estimate of drug-likeness (QED) is 0.250. The minimum absolute atomic E-state index is 0. The van der Waals surface area contributed by atoms with Gasteiger partial charge in [0.2, 0.25) is 0 Å². The molecular weight excluding hydrogens is 517 g/mol. The van der Waals surface area contributed by atoms with Gasteiger partial charge in [-0.25, -0.2) is 4.98 Å².